The topological polar surface area (TPSA) is 52.7 Å². The van der Waals surface area contributed by atoms with Crippen molar-refractivity contribution in [2.75, 3.05) is 37.6 Å². The number of anilines is 1. The van der Waals surface area contributed by atoms with E-state index in [1.165, 1.54) is 44.6 Å². The van der Waals surface area contributed by atoms with Gasteiger partial charge in [-0.05, 0) is 73.8 Å². The van der Waals surface area contributed by atoms with Crippen LogP contribution >= 0.6 is 0 Å². The maximum atomic E-state index is 14.0. The number of amides is 2. The number of nitrogens with zero attached hydrogens (tertiary/aromatic N) is 2. The second-order valence-electron chi connectivity index (χ2n) is 10.2. The summed E-state index contributed by atoms with van der Waals surface area (Å²) < 4.78 is 14.0. The molecule has 162 valence electrons. The highest BCUT2D eigenvalue weighted by molar-refractivity contribution is 5.85. The van der Waals surface area contributed by atoms with Gasteiger partial charge in [0.2, 0.25) is 11.8 Å². The molecule has 5 fully saturated rings. The summed E-state index contributed by atoms with van der Waals surface area (Å²) in [6.07, 6.45) is 8.33. The third-order valence-electron chi connectivity index (χ3n) is 7.96. The Kier molecular flexibility index (Phi) is 5.19. The van der Waals surface area contributed by atoms with Crippen molar-refractivity contribution in [3.8, 4) is 0 Å². The fourth-order valence-corrected chi connectivity index (χ4v) is 7.10. The monoisotopic (exact) mass is 413 g/mol. The van der Waals surface area contributed by atoms with E-state index in [0.717, 1.165) is 17.8 Å². The Morgan fingerprint density at radius 3 is 2.17 bits per heavy atom. The van der Waals surface area contributed by atoms with E-state index in [1.807, 2.05) is 11.0 Å². The number of hydrogen-bond acceptors (Lipinski definition) is 3. The van der Waals surface area contributed by atoms with E-state index in [9.17, 15) is 14.0 Å². The maximum absolute atomic E-state index is 14.0. The molecule has 1 saturated heterocycles. The Balaban J connectivity index is 1.09. The van der Waals surface area contributed by atoms with Crippen LogP contribution in [0.25, 0.3) is 0 Å². The molecule has 1 aromatic carbocycles. The predicted octanol–water partition coefficient (Wildman–Crippen LogP) is 3.20. The van der Waals surface area contributed by atoms with Gasteiger partial charge in [-0.15, -0.1) is 0 Å². The minimum atomic E-state index is -0.228. The molecule has 5 nitrogen and oxygen atoms in total. The molecule has 6 heteroatoms. The molecule has 6 rings (SSSR count). The minimum absolute atomic E-state index is 0.0373. The molecule has 0 radical (unpaired) electrons. The number of halogens is 1. The molecule has 1 aliphatic heterocycles. The van der Waals surface area contributed by atoms with Crippen molar-refractivity contribution >= 4 is 17.5 Å². The van der Waals surface area contributed by atoms with Crippen molar-refractivity contribution in [1.29, 1.82) is 0 Å². The normalized spacial score (nSPS) is 32.4. The molecule has 5 aliphatic rings. The first-order chi connectivity index (χ1) is 14.5. The average Bonchev–Trinajstić information content (AvgIpc) is 2.71. The van der Waals surface area contributed by atoms with Crippen LogP contribution in [-0.2, 0) is 9.59 Å². The number of para-hydroxylation sites is 1. The van der Waals surface area contributed by atoms with Crippen LogP contribution in [0.1, 0.15) is 44.9 Å². The van der Waals surface area contributed by atoms with Crippen LogP contribution in [0.5, 0.6) is 0 Å². The lowest BCUT2D eigenvalue weighted by atomic mass is 9.49. The number of benzene rings is 1. The Labute approximate surface area is 178 Å². The van der Waals surface area contributed by atoms with E-state index in [0.29, 0.717) is 38.3 Å². The fourth-order valence-electron chi connectivity index (χ4n) is 7.10. The summed E-state index contributed by atoms with van der Waals surface area (Å²) >= 11 is 0. The molecule has 30 heavy (non-hydrogen) atoms. The summed E-state index contributed by atoms with van der Waals surface area (Å²) in [5.74, 6) is 2.26. The van der Waals surface area contributed by atoms with Gasteiger partial charge in [0.1, 0.15) is 5.82 Å². The third kappa shape index (κ3) is 3.93. The van der Waals surface area contributed by atoms with Crippen molar-refractivity contribution < 1.29 is 14.0 Å². The van der Waals surface area contributed by atoms with Crippen molar-refractivity contribution in [2.45, 2.75) is 44.9 Å². The maximum Gasteiger partial charge on any atom is 0.242 e. The van der Waals surface area contributed by atoms with Gasteiger partial charge in [0.15, 0.2) is 0 Å². The second-order valence-corrected chi connectivity index (χ2v) is 10.2. The minimum Gasteiger partial charge on any atom is -0.366 e. The Hall–Kier alpha value is -2.11. The van der Waals surface area contributed by atoms with Gasteiger partial charge >= 0.3 is 0 Å². The Morgan fingerprint density at radius 1 is 0.967 bits per heavy atom. The SMILES string of the molecule is O=C(CC12CC3CC(CC(C3)C1)C2)NCC(=O)N1CCN(c2ccccc2F)CC1. The van der Waals surface area contributed by atoms with Crippen LogP contribution in [0.3, 0.4) is 0 Å². The summed E-state index contributed by atoms with van der Waals surface area (Å²) in [6.45, 7) is 2.39. The molecule has 4 aliphatic carbocycles. The summed E-state index contributed by atoms with van der Waals surface area (Å²) in [5.41, 5.74) is 0.793. The van der Waals surface area contributed by atoms with Gasteiger partial charge < -0.3 is 15.1 Å². The fraction of sp³-hybridized carbons (Fsp3) is 0.667. The molecule has 0 unspecified atom stereocenters. The zero-order valence-electron chi connectivity index (χ0n) is 17.6. The smallest absolute Gasteiger partial charge is 0.242 e. The van der Waals surface area contributed by atoms with Gasteiger partial charge in [-0.2, -0.15) is 0 Å². The van der Waals surface area contributed by atoms with Crippen LogP contribution in [0.2, 0.25) is 0 Å². The summed E-state index contributed by atoms with van der Waals surface area (Å²) in [4.78, 5) is 29.0. The van der Waals surface area contributed by atoms with E-state index in [-0.39, 0.29) is 29.6 Å². The highest BCUT2D eigenvalue weighted by atomic mass is 19.1. The molecule has 2 amide bonds. The number of hydrogen-bond donors (Lipinski definition) is 1. The first-order valence-electron chi connectivity index (χ1n) is 11.5. The van der Waals surface area contributed by atoms with E-state index >= 15 is 0 Å². The van der Waals surface area contributed by atoms with Crippen LogP contribution in [0, 0.1) is 29.0 Å². The number of carbonyl (C=O) groups is 2. The zero-order chi connectivity index (χ0) is 20.7. The molecule has 0 spiro atoms. The summed E-state index contributed by atoms with van der Waals surface area (Å²) in [5, 5.41) is 2.90. The molecule has 1 N–H and O–H groups in total. The molecule has 4 bridgehead atoms. The van der Waals surface area contributed by atoms with E-state index in [2.05, 4.69) is 5.32 Å². The van der Waals surface area contributed by atoms with Gasteiger partial charge in [0.05, 0.1) is 12.2 Å². The molecule has 0 aromatic heterocycles. The Morgan fingerprint density at radius 2 is 1.57 bits per heavy atom. The molecular weight excluding hydrogens is 381 g/mol. The Bertz CT molecular complexity index is 783. The molecule has 0 atom stereocenters. The quantitative estimate of drug-likeness (QED) is 0.807. The summed E-state index contributed by atoms with van der Waals surface area (Å²) in [6, 6.07) is 6.75. The highest BCUT2D eigenvalue weighted by Crippen LogP contribution is 2.61. The number of carbonyl (C=O) groups excluding carboxylic acids is 2. The third-order valence-corrected chi connectivity index (χ3v) is 7.96. The molecule has 1 heterocycles. The van der Waals surface area contributed by atoms with Gasteiger partial charge in [-0.3, -0.25) is 9.59 Å². The molecular formula is C24H32FN3O2. The summed E-state index contributed by atoms with van der Waals surface area (Å²) in [7, 11) is 0. The van der Waals surface area contributed by atoms with Gasteiger partial charge in [0, 0.05) is 32.6 Å². The molecule has 1 aromatic rings. The van der Waals surface area contributed by atoms with Crippen LogP contribution in [0.4, 0.5) is 10.1 Å². The van der Waals surface area contributed by atoms with Crippen molar-refractivity contribution in [3.05, 3.63) is 30.1 Å². The molecule has 4 saturated carbocycles. The van der Waals surface area contributed by atoms with Gasteiger partial charge in [-0.25, -0.2) is 4.39 Å². The first-order valence-corrected chi connectivity index (χ1v) is 11.5. The van der Waals surface area contributed by atoms with E-state index in [4.69, 9.17) is 0 Å². The van der Waals surface area contributed by atoms with Crippen molar-refractivity contribution in [1.82, 2.24) is 10.2 Å². The zero-order valence-corrected chi connectivity index (χ0v) is 17.6. The van der Waals surface area contributed by atoms with Crippen molar-refractivity contribution in [3.63, 3.8) is 0 Å². The largest absolute Gasteiger partial charge is 0.366 e. The van der Waals surface area contributed by atoms with E-state index < -0.39 is 0 Å². The lowest BCUT2D eigenvalue weighted by Gasteiger charge is -2.56. The van der Waals surface area contributed by atoms with Crippen LogP contribution in [-0.4, -0.2) is 49.4 Å². The first kappa shape index (κ1) is 19.8. The number of nitrogens with one attached hydrogen (secondary N) is 1. The van der Waals surface area contributed by atoms with E-state index in [1.54, 1.807) is 17.0 Å². The van der Waals surface area contributed by atoms with Gasteiger partial charge in [0.25, 0.3) is 0 Å². The second kappa shape index (κ2) is 7.86. The highest BCUT2D eigenvalue weighted by Gasteiger charge is 2.51. The standard InChI is InChI=1S/C24H32FN3O2/c25-20-3-1-2-4-21(20)27-5-7-28(8-6-27)23(30)16-26-22(29)15-24-12-17-9-18(13-24)11-19(10-17)14-24/h1-4,17-19H,5-16H2,(H,26,29). The number of rotatable bonds is 5. The van der Waals surface area contributed by atoms with Crippen LogP contribution < -0.4 is 10.2 Å². The van der Waals surface area contributed by atoms with Gasteiger partial charge in [-0.1, -0.05) is 12.1 Å². The average molecular weight is 414 g/mol. The lowest BCUT2D eigenvalue weighted by Crippen LogP contribution is -2.52. The van der Waals surface area contributed by atoms with Crippen molar-refractivity contribution in [2.24, 2.45) is 23.2 Å². The number of piperazine rings is 1. The lowest BCUT2D eigenvalue weighted by molar-refractivity contribution is -0.135. The van der Waals surface area contributed by atoms with Crippen LogP contribution in [0.15, 0.2) is 24.3 Å². The predicted molar refractivity (Wildman–Crippen MR) is 113 cm³/mol.